The van der Waals surface area contributed by atoms with E-state index in [0.29, 0.717) is 12.2 Å². The summed E-state index contributed by atoms with van der Waals surface area (Å²) in [5, 5.41) is 3.08. The van der Waals surface area contributed by atoms with Gasteiger partial charge in [0.05, 0.1) is 24.3 Å². The predicted octanol–water partition coefficient (Wildman–Crippen LogP) is 0.996. The van der Waals surface area contributed by atoms with E-state index in [0.717, 1.165) is 0 Å². The molecule has 0 bridgehead atoms. The van der Waals surface area contributed by atoms with Crippen LogP contribution in [0.15, 0.2) is 23.9 Å². The molecule has 1 N–H and O–H groups in total. The molecule has 0 aromatic rings. The first-order chi connectivity index (χ1) is 7.19. The van der Waals surface area contributed by atoms with E-state index in [2.05, 4.69) is 5.32 Å². The topological polar surface area (TPSA) is 47.6 Å². The first-order valence-corrected chi connectivity index (χ1v) is 5.03. The number of hydrogen-bond acceptors (Lipinski definition) is 4. The van der Waals surface area contributed by atoms with Gasteiger partial charge in [-0.15, -0.1) is 0 Å². The van der Waals surface area contributed by atoms with Crippen molar-refractivity contribution in [2.24, 2.45) is 0 Å². The van der Waals surface area contributed by atoms with Gasteiger partial charge in [0, 0.05) is 13.3 Å². The Morgan fingerprint density at radius 3 is 2.87 bits per heavy atom. The molecule has 0 aromatic heterocycles. The van der Waals surface area contributed by atoms with E-state index in [1.54, 1.807) is 26.3 Å². The minimum absolute atomic E-state index is 0.0706. The molecular formula is C11H17NO3. The summed E-state index contributed by atoms with van der Waals surface area (Å²) in [5.41, 5.74) is 0.538. The van der Waals surface area contributed by atoms with Crippen molar-refractivity contribution in [3.8, 4) is 0 Å². The number of rotatable bonds is 4. The summed E-state index contributed by atoms with van der Waals surface area (Å²) in [4.78, 5) is 11.3. The summed E-state index contributed by atoms with van der Waals surface area (Å²) in [6, 6.07) is 0.105. The van der Waals surface area contributed by atoms with Gasteiger partial charge in [-0.05, 0) is 19.9 Å². The molecule has 0 spiro atoms. The average Bonchev–Trinajstić information content (AvgIpc) is 2.28. The first kappa shape index (κ1) is 11.8. The molecule has 15 heavy (non-hydrogen) atoms. The summed E-state index contributed by atoms with van der Waals surface area (Å²) < 4.78 is 10.0. The Morgan fingerprint density at radius 1 is 1.67 bits per heavy atom. The summed E-state index contributed by atoms with van der Waals surface area (Å²) >= 11 is 0. The molecule has 0 saturated heterocycles. The lowest BCUT2D eigenvalue weighted by Gasteiger charge is -2.23. The van der Waals surface area contributed by atoms with Crippen LogP contribution in [0.2, 0.25) is 0 Å². The normalized spacial score (nSPS) is 21.5. The Hall–Kier alpha value is -1.29. The fourth-order valence-corrected chi connectivity index (χ4v) is 1.28. The lowest BCUT2D eigenvalue weighted by atomic mass is 10.1. The highest BCUT2D eigenvalue weighted by Crippen LogP contribution is 2.09. The van der Waals surface area contributed by atoms with Crippen molar-refractivity contribution < 1.29 is 14.3 Å². The number of carbonyl (C=O) groups is 1. The Kier molecular flexibility index (Phi) is 4.37. The van der Waals surface area contributed by atoms with Crippen LogP contribution >= 0.6 is 0 Å². The molecule has 0 fully saturated rings. The molecule has 0 aliphatic carbocycles. The lowest BCUT2D eigenvalue weighted by Crippen LogP contribution is -2.36. The Bertz CT molecular complexity index is 284. The number of carbonyl (C=O) groups excluding carboxylic acids is 1. The fourth-order valence-electron chi connectivity index (χ4n) is 1.28. The monoisotopic (exact) mass is 211 g/mol. The van der Waals surface area contributed by atoms with Crippen LogP contribution < -0.4 is 5.32 Å². The third-order valence-corrected chi connectivity index (χ3v) is 2.30. The van der Waals surface area contributed by atoms with Crippen molar-refractivity contribution in [3.05, 3.63) is 23.9 Å². The van der Waals surface area contributed by atoms with E-state index in [4.69, 9.17) is 9.47 Å². The standard InChI is InChI=1S/C11H17NO3/c1-4-15-11(13)9-5-6-10(12-7-9)8(2)14-3/h5-8,10,12H,4H2,1-3H3. The minimum atomic E-state index is -0.301. The van der Waals surface area contributed by atoms with Gasteiger partial charge in [0.15, 0.2) is 0 Å². The molecule has 0 amide bonds. The van der Waals surface area contributed by atoms with Crippen LogP contribution in [0.25, 0.3) is 0 Å². The van der Waals surface area contributed by atoms with Crippen molar-refractivity contribution in [2.75, 3.05) is 13.7 Å². The summed E-state index contributed by atoms with van der Waals surface area (Å²) in [6.45, 7) is 4.14. The fraction of sp³-hybridized carbons (Fsp3) is 0.545. The second-order valence-corrected chi connectivity index (χ2v) is 3.31. The van der Waals surface area contributed by atoms with Gasteiger partial charge in [-0.25, -0.2) is 4.79 Å². The number of esters is 1. The zero-order valence-corrected chi connectivity index (χ0v) is 9.32. The van der Waals surface area contributed by atoms with Crippen molar-refractivity contribution in [2.45, 2.75) is 26.0 Å². The molecule has 0 radical (unpaired) electrons. The van der Waals surface area contributed by atoms with Gasteiger partial charge in [-0.2, -0.15) is 0 Å². The smallest absolute Gasteiger partial charge is 0.339 e. The average molecular weight is 211 g/mol. The number of methoxy groups -OCH3 is 1. The molecule has 4 nitrogen and oxygen atoms in total. The number of dihydropyridines is 1. The summed E-state index contributed by atoms with van der Waals surface area (Å²) in [6.07, 6.45) is 5.40. The molecule has 2 unspecified atom stereocenters. The van der Waals surface area contributed by atoms with Gasteiger partial charge in [-0.3, -0.25) is 0 Å². The van der Waals surface area contributed by atoms with E-state index in [-0.39, 0.29) is 18.1 Å². The molecular weight excluding hydrogens is 194 g/mol. The highest BCUT2D eigenvalue weighted by Gasteiger charge is 2.17. The highest BCUT2D eigenvalue weighted by molar-refractivity contribution is 5.91. The number of ether oxygens (including phenoxy) is 2. The summed E-state index contributed by atoms with van der Waals surface area (Å²) in [7, 11) is 1.66. The Labute approximate surface area is 89.9 Å². The molecule has 2 atom stereocenters. The molecule has 1 rings (SSSR count). The molecule has 1 aliphatic heterocycles. The maximum Gasteiger partial charge on any atom is 0.339 e. The van der Waals surface area contributed by atoms with Gasteiger partial charge in [0.1, 0.15) is 0 Å². The third-order valence-electron chi connectivity index (χ3n) is 2.30. The minimum Gasteiger partial charge on any atom is -0.462 e. The lowest BCUT2D eigenvalue weighted by molar-refractivity contribution is -0.138. The van der Waals surface area contributed by atoms with Crippen molar-refractivity contribution in [1.82, 2.24) is 5.32 Å². The number of hydrogen-bond donors (Lipinski definition) is 1. The SMILES string of the molecule is CCOC(=O)C1=CNC(C(C)OC)C=C1. The molecule has 4 heteroatoms. The molecule has 84 valence electrons. The van der Waals surface area contributed by atoms with Crippen molar-refractivity contribution >= 4 is 5.97 Å². The van der Waals surface area contributed by atoms with Crippen LogP contribution in [-0.2, 0) is 14.3 Å². The van der Waals surface area contributed by atoms with Crippen LogP contribution in [0, 0.1) is 0 Å². The van der Waals surface area contributed by atoms with Crippen LogP contribution in [0.4, 0.5) is 0 Å². The van der Waals surface area contributed by atoms with Crippen LogP contribution in [0.5, 0.6) is 0 Å². The molecule has 1 aliphatic rings. The second kappa shape index (κ2) is 5.56. The van der Waals surface area contributed by atoms with Gasteiger partial charge in [0.2, 0.25) is 0 Å². The van der Waals surface area contributed by atoms with Gasteiger partial charge < -0.3 is 14.8 Å². The molecule has 1 heterocycles. The van der Waals surface area contributed by atoms with E-state index >= 15 is 0 Å². The second-order valence-electron chi connectivity index (χ2n) is 3.31. The predicted molar refractivity (Wildman–Crippen MR) is 57.3 cm³/mol. The summed E-state index contributed by atoms with van der Waals surface area (Å²) in [5.74, 6) is -0.301. The van der Waals surface area contributed by atoms with Crippen LogP contribution in [0.1, 0.15) is 13.8 Å². The van der Waals surface area contributed by atoms with E-state index in [1.807, 2.05) is 13.0 Å². The van der Waals surface area contributed by atoms with Crippen molar-refractivity contribution in [1.29, 1.82) is 0 Å². The van der Waals surface area contributed by atoms with Gasteiger partial charge in [-0.1, -0.05) is 6.08 Å². The van der Waals surface area contributed by atoms with E-state index in [1.165, 1.54) is 0 Å². The largest absolute Gasteiger partial charge is 0.462 e. The zero-order chi connectivity index (χ0) is 11.3. The van der Waals surface area contributed by atoms with E-state index in [9.17, 15) is 4.79 Å². The Balaban J connectivity index is 2.53. The molecule has 0 aromatic carbocycles. The Morgan fingerprint density at radius 2 is 2.40 bits per heavy atom. The maximum atomic E-state index is 11.3. The first-order valence-electron chi connectivity index (χ1n) is 5.03. The molecule has 0 saturated carbocycles. The van der Waals surface area contributed by atoms with Gasteiger partial charge in [0.25, 0.3) is 0 Å². The van der Waals surface area contributed by atoms with E-state index < -0.39 is 0 Å². The van der Waals surface area contributed by atoms with Crippen LogP contribution in [0.3, 0.4) is 0 Å². The third kappa shape index (κ3) is 3.09. The maximum absolute atomic E-state index is 11.3. The highest BCUT2D eigenvalue weighted by atomic mass is 16.5. The van der Waals surface area contributed by atoms with Crippen molar-refractivity contribution in [3.63, 3.8) is 0 Å². The van der Waals surface area contributed by atoms with Crippen LogP contribution in [-0.4, -0.2) is 31.8 Å². The number of nitrogens with one attached hydrogen (secondary N) is 1. The quantitative estimate of drug-likeness (QED) is 0.705. The van der Waals surface area contributed by atoms with Gasteiger partial charge >= 0.3 is 5.97 Å². The zero-order valence-electron chi connectivity index (χ0n) is 9.32.